The van der Waals surface area contributed by atoms with Gasteiger partial charge in [-0.15, -0.1) is 0 Å². The van der Waals surface area contributed by atoms with Crippen molar-refractivity contribution in [1.29, 1.82) is 0 Å². The van der Waals surface area contributed by atoms with E-state index in [1.165, 1.54) is 71.1 Å². The lowest BCUT2D eigenvalue weighted by atomic mass is 10.1. The molecule has 0 fully saturated rings. The molecule has 0 bridgehead atoms. The van der Waals surface area contributed by atoms with Crippen LogP contribution in [0.2, 0.25) is 0 Å². The summed E-state index contributed by atoms with van der Waals surface area (Å²) in [4.78, 5) is 2.42. The van der Waals surface area contributed by atoms with Gasteiger partial charge >= 0.3 is 0 Å². The third-order valence-electron chi connectivity index (χ3n) is 9.88. The molecule has 3 aromatic heterocycles. The lowest BCUT2D eigenvalue weighted by Gasteiger charge is -2.35. The number of benzene rings is 6. The van der Waals surface area contributed by atoms with Crippen molar-refractivity contribution in [2.45, 2.75) is 6.17 Å². The summed E-state index contributed by atoms with van der Waals surface area (Å²) < 4.78 is 7.35. The second-order valence-corrected chi connectivity index (χ2v) is 12.3. The summed E-state index contributed by atoms with van der Waals surface area (Å²) in [6.07, 6.45) is 6.80. The molecule has 10 rings (SSSR count). The SMILES string of the molecule is CN1C(n2c3ccccc3c3cc4c(cc32)c2ccccc2n4-c2ccccc2)=CC=CC1n1c2ccccc2c2ccccc21. The molecule has 9 aromatic rings. The van der Waals surface area contributed by atoms with Crippen molar-refractivity contribution in [3.8, 4) is 5.69 Å². The Morgan fingerprint density at radius 1 is 0.435 bits per heavy atom. The monoisotopic (exact) mass is 590 g/mol. The first-order valence-corrected chi connectivity index (χ1v) is 15.9. The van der Waals surface area contributed by atoms with Gasteiger partial charge in [0.2, 0.25) is 0 Å². The van der Waals surface area contributed by atoms with Crippen LogP contribution in [0.1, 0.15) is 6.17 Å². The van der Waals surface area contributed by atoms with Crippen molar-refractivity contribution in [2.75, 3.05) is 7.05 Å². The third kappa shape index (κ3) is 3.38. The molecule has 46 heavy (non-hydrogen) atoms. The molecule has 0 saturated heterocycles. The number of hydrogen-bond donors (Lipinski definition) is 0. The number of aromatic nitrogens is 3. The lowest BCUT2D eigenvalue weighted by molar-refractivity contribution is 0.319. The number of likely N-dealkylation sites (N-methyl/N-ethyl adjacent to an activating group) is 1. The predicted molar refractivity (Wildman–Crippen MR) is 193 cm³/mol. The maximum Gasteiger partial charge on any atom is 0.127 e. The van der Waals surface area contributed by atoms with Crippen LogP contribution in [-0.4, -0.2) is 25.6 Å². The van der Waals surface area contributed by atoms with Gasteiger partial charge in [0.25, 0.3) is 0 Å². The van der Waals surface area contributed by atoms with Gasteiger partial charge < -0.3 is 14.0 Å². The first-order valence-electron chi connectivity index (χ1n) is 15.9. The molecule has 1 unspecified atom stereocenters. The smallest absolute Gasteiger partial charge is 0.127 e. The highest BCUT2D eigenvalue weighted by atomic mass is 15.4. The van der Waals surface area contributed by atoms with Crippen LogP contribution in [0, 0.1) is 0 Å². The summed E-state index contributed by atoms with van der Waals surface area (Å²) in [5.41, 5.74) is 8.50. The van der Waals surface area contributed by atoms with Crippen LogP contribution >= 0.6 is 0 Å². The predicted octanol–water partition coefficient (Wildman–Crippen LogP) is 10.5. The summed E-state index contributed by atoms with van der Waals surface area (Å²) in [7, 11) is 2.23. The van der Waals surface area contributed by atoms with Gasteiger partial charge in [-0.25, -0.2) is 0 Å². The first kappa shape index (κ1) is 25.3. The zero-order valence-corrected chi connectivity index (χ0v) is 25.4. The van der Waals surface area contributed by atoms with Crippen LogP contribution in [0.5, 0.6) is 0 Å². The molecule has 1 atom stereocenters. The number of nitrogens with zero attached hydrogens (tertiary/aromatic N) is 4. The van der Waals surface area contributed by atoms with Crippen LogP contribution < -0.4 is 0 Å². The summed E-state index contributed by atoms with van der Waals surface area (Å²) in [6, 6.07) is 50.7. The zero-order chi connectivity index (χ0) is 30.4. The van der Waals surface area contributed by atoms with Crippen LogP contribution in [-0.2, 0) is 0 Å². The highest BCUT2D eigenvalue weighted by molar-refractivity contribution is 6.19. The van der Waals surface area contributed by atoms with E-state index in [1.54, 1.807) is 0 Å². The minimum absolute atomic E-state index is 0.00439. The average Bonchev–Trinajstić information content (AvgIpc) is 3.73. The second kappa shape index (κ2) is 9.50. The number of hydrogen-bond acceptors (Lipinski definition) is 1. The molecular formula is C42H30N4. The molecule has 218 valence electrons. The molecule has 0 aliphatic carbocycles. The Hall–Kier alpha value is -6.00. The topological polar surface area (TPSA) is 18.0 Å². The van der Waals surface area contributed by atoms with E-state index < -0.39 is 0 Å². The van der Waals surface area contributed by atoms with Crippen molar-refractivity contribution < 1.29 is 0 Å². The normalized spacial score (nSPS) is 15.3. The Bertz CT molecular complexity index is 2660. The summed E-state index contributed by atoms with van der Waals surface area (Å²) >= 11 is 0. The molecule has 0 saturated carbocycles. The van der Waals surface area contributed by atoms with Crippen LogP contribution in [0.3, 0.4) is 0 Å². The maximum atomic E-state index is 2.48. The van der Waals surface area contributed by atoms with Gasteiger partial charge in [-0.3, -0.25) is 4.57 Å². The molecular weight excluding hydrogens is 560 g/mol. The van der Waals surface area contributed by atoms with Crippen molar-refractivity contribution in [2.24, 2.45) is 0 Å². The molecule has 1 aliphatic rings. The summed E-state index contributed by atoms with van der Waals surface area (Å²) in [6.45, 7) is 0. The quantitative estimate of drug-likeness (QED) is 0.200. The Morgan fingerprint density at radius 2 is 0.891 bits per heavy atom. The van der Waals surface area contributed by atoms with E-state index in [9.17, 15) is 0 Å². The first-order chi connectivity index (χ1) is 22.8. The minimum atomic E-state index is 0.00439. The molecule has 0 amide bonds. The highest BCUT2D eigenvalue weighted by Crippen LogP contribution is 2.42. The molecule has 4 heterocycles. The van der Waals surface area contributed by atoms with Gasteiger partial charge in [0.05, 0.1) is 33.1 Å². The molecule has 4 heteroatoms. The molecule has 6 aromatic carbocycles. The molecule has 1 aliphatic heterocycles. The van der Waals surface area contributed by atoms with Crippen LogP contribution in [0.15, 0.2) is 158 Å². The Morgan fingerprint density at radius 3 is 1.48 bits per heavy atom. The van der Waals surface area contributed by atoms with Crippen molar-refractivity contribution in [1.82, 2.24) is 18.6 Å². The Labute approximate surface area is 265 Å². The second-order valence-electron chi connectivity index (χ2n) is 12.3. The van der Waals surface area contributed by atoms with E-state index in [4.69, 9.17) is 0 Å². The fourth-order valence-electron chi connectivity index (χ4n) is 7.89. The number of rotatable bonds is 3. The van der Waals surface area contributed by atoms with E-state index in [0.29, 0.717) is 0 Å². The zero-order valence-electron chi connectivity index (χ0n) is 25.4. The van der Waals surface area contributed by atoms with Gasteiger partial charge in [-0.2, -0.15) is 0 Å². The van der Waals surface area contributed by atoms with Crippen molar-refractivity contribution in [3.05, 3.63) is 158 Å². The summed E-state index contributed by atoms with van der Waals surface area (Å²) in [5.74, 6) is 1.15. The maximum absolute atomic E-state index is 2.48. The molecule has 0 radical (unpaired) electrons. The minimum Gasteiger partial charge on any atom is -0.337 e. The molecule has 0 spiro atoms. The Balaban J connectivity index is 1.24. The number of fused-ring (bicyclic) bond motifs is 9. The Kier molecular flexibility index (Phi) is 5.23. The number of allylic oxidation sites excluding steroid dienone is 2. The highest BCUT2D eigenvalue weighted by Gasteiger charge is 2.26. The fraction of sp³-hybridized carbons (Fsp3) is 0.0476. The number of para-hydroxylation sites is 5. The van der Waals surface area contributed by atoms with E-state index in [-0.39, 0.29) is 6.17 Å². The van der Waals surface area contributed by atoms with Gasteiger partial charge in [0.1, 0.15) is 12.0 Å². The van der Waals surface area contributed by atoms with Crippen LogP contribution in [0.4, 0.5) is 0 Å². The standard InChI is InChI=1S/C42H30N4/c1-43-41(45-36-21-10-5-16-29(36)30-17-6-11-22-37(30)45)24-13-25-42(43)46-38-23-12-8-19-32(38)34-26-39-33(27-40(34)46)31-18-7-9-20-35(31)44(39)28-14-3-2-4-15-28/h2-27,41H,1H3. The fourth-order valence-corrected chi connectivity index (χ4v) is 7.89. The lowest BCUT2D eigenvalue weighted by Crippen LogP contribution is -2.30. The van der Waals surface area contributed by atoms with Gasteiger partial charge in [0.15, 0.2) is 0 Å². The largest absolute Gasteiger partial charge is 0.337 e. The van der Waals surface area contributed by atoms with Gasteiger partial charge in [-0.05, 0) is 60.7 Å². The van der Waals surface area contributed by atoms with Crippen molar-refractivity contribution in [3.63, 3.8) is 0 Å². The van der Waals surface area contributed by atoms with Crippen LogP contribution in [0.25, 0.3) is 76.9 Å². The van der Waals surface area contributed by atoms with Crippen molar-refractivity contribution >= 4 is 71.2 Å². The average molecular weight is 591 g/mol. The molecule has 4 nitrogen and oxygen atoms in total. The van der Waals surface area contributed by atoms with Gasteiger partial charge in [0, 0.05) is 45.1 Å². The van der Waals surface area contributed by atoms with E-state index >= 15 is 0 Å². The summed E-state index contributed by atoms with van der Waals surface area (Å²) in [5, 5.41) is 7.58. The third-order valence-corrected chi connectivity index (χ3v) is 9.88. The van der Waals surface area contributed by atoms with E-state index in [0.717, 1.165) is 5.82 Å². The van der Waals surface area contributed by atoms with Gasteiger partial charge in [-0.1, -0.05) is 97.1 Å². The molecule has 0 N–H and O–H groups in total. The van der Waals surface area contributed by atoms with E-state index in [2.05, 4.69) is 183 Å². The van der Waals surface area contributed by atoms with E-state index in [1.807, 2.05) is 0 Å².